The summed E-state index contributed by atoms with van der Waals surface area (Å²) < 4.78 is 0. The number of carbonyl (C=O) groups is 2. The third-order valence-electron chi connectivity index (χ3n) is 2.95. The topological polar surface area (TPSA) is 74.6 Å². The summed E-state index contributed by atoms with van der Waals surface area (Å²) in [7, 11) is 0. The molecule has 0 amide bonds. The van der Waals surface area contributed by atoms with Gasteiger partial charge in [-0.05, 0) is 35.4 Å². The van der Waals surface area contributed by atoms with Crippen LogP contribution < -0.4 is 0 Å². The Balaban J connectivity index is 2.09. The van der Waals surface area contributed by atoms with Crippen LogP contribution in [-0.2, 0) is 4.79 Å². The molecule has 2 aromatic rings. The average Bonchev–Trinajstić information content (AvgIpc) is 2.52. The predicted molar refractivity (Wildman–Crippen MR) is 84.6 cm³/mol. The zero-order valence-electron chi connectivity index (χ0n) is 11.6. The van der Waals surface area contributed by atoms with Gasteiger partial charge in [-0.3, -0.25) is 4.79 Å². The second-order valence-electron chi connectivity index (χ2n) is 4.55. The molecule has 0 unspecified atom stereocenters. The molecule has 0 fully saturated rings. The van der Waals surface area contributed by atoms with Crippen LogP contribution in [0, 0.1) is 0 Å². The zero-order valence-corrected chi connectivity index (χ0v) is 11.6. The van der Waals surface area contributed by atoms with Gasteiger partial charge in [-0.25, -0.2) is 4.79 Å². The molecule has 2 rings (SSSR count). The van der Waals surface area contributed by atoms with E-state index in [1.165, 1.54) is 18.2 Å². The number of allylic oxidation sites excluding steroid dienone is 1. The number of carboxylic acid groups (broad SMARTS) is 1. The lowest BCUT2D eigenvalue weighted by molar-refractivity contribution is -0.131. The molecule has 0 aliphatic heterocycles. The number of phenolic OH excluding ortho intramolecular Hbond substituents is 1. The van der Waals surface area contributed by atoms with Gasteiger partial charge in [-0.1, -0.05) is 42.5 Å². The number of benzene rings is 2. The number of rotatable bonds is 5. The molecular weight excluding hydrogens is 280 g/mol. The third kappa shape index (κ3) is 4.18. The van der Waals surface area contributed by atoms with Crippen molar-refractivity contribution in [3.63, 3.8) is 0 Å². The first kappa shape index (κ1) is 15.3. The van der Waals surface area contributed by atoms with Crippen molar-refractivity contribution < 1.29 is 19.8 Å². The largest absolute Gasteiger partial charge is 0.507 e. The predicted octanol–water partition coefficient (Wildman–Crippen LogP) is 3.39. The molecule has 0 bridgehead atoms. The number of ketones is 1. The Labute approximate surface area is 127 Å². The Hall–Kier alpha value is -3.14. The maximum atomic E-state index is 12.0. The maximum Gasteiger partial charge on any atom is 0.328 e. The highest BCUT2D eigenvalue weighted by molar-refractivity contribution is 6.08. The van der Waals surface area contributed by atoms with Gasteiger partial charge in [0.25, 0.3) is 0 Å². The maximum absolute atomic E-state index is 12.0. The Morgan fingerprint density at radius 2 is 1.36 bits per heavy atom. The van der Waals surface area contributed by atoms with Crippen molar-refractivity contribution in [3.8, 4) is 5.75 Å². The number of aliphatic carboxylic acids is 1. The number of para-hydroxylation sites is 1. The molecule has 0 atom stereocenters. The molecule has 4 nitrogen and oxygen atoms in total. The summed E-state index contributed by atoms with van der Waals surface area (Å²) in [5.74, 6) is -1.34. The lowest BCUT2D eigenvalue weighted by Crippen LogP contribution is -1.94. The molecular formula is C18H14O4. The summed E-state index contributed by atoms with van der Waals surface area (Å²) in [6, 6.07) is 13.4. The number of aromatic hydroxyl groups is 1. The van der Waals surface area contributed by atoms with E-state index in [0.29, 0.717) is 0 Å². The van der Waals surface area contributed by atoms with Gasteiger partial charge in [0.1, 0.15) is 5.75 Å². The highest BCUT2D eigenvalue weighted by Crippen LogP contribution is 2.17. The van der Waals surface area contributed by atoms with E-state index >= 15 is 0 Å². The highest BCUT2D eigenvalue weighted by atomic mass is 16.4. The van der Waals surface area contributed by atoms with Gasteiger partial charge in [0.15, 0.2) is 5.78 Å². The second-order valence-corrected chi connectivity index (χ2v) is 4.55. The fourth-order valence-electron chi connectivity index (χ4n) is 1.83. The summed E-state index contributed by atoms with van der Waals surface area (Å²) in [4.78, 5) is 22.4. The van der Waals surface area contributed by atoms with Gasteiger partial charge < -0.3 is 10.2 Å². The van der Waals surface area contributed by atoms with Gasteiger partial charge in [0.2, 0.25) is 0 Å². The quantitative estimate of drug-likeness (QED) is 0.655. The Morgan fingerprint density at radius 3 is 1.91 bits per heavy atom. The molecule has 0 heterocycles. The third-order valence-corrected chi connectivity index (χ3v) is 2.95. The fourth-order valence-corrected chi connectivity index (χ4v) is 1.83. The number of carbonyl (C=O) groups excluding carboxylic acids is 1. The SMILES string of the molecule is O=C(O)C=Cc1ccc(C=CC(=O)c2ccccc2O)cc1. The monoisotopic (exact) mass is 294 g/mol. The molecule has 4 heteroatoms. The zero-order chi connectivity index (χ0) is 15.9. The van der Waals surface area contributed by atoms with Crippen LogP contribution in [0.15, 0.2) is 60.7 Å². The van der Waals surface area contributed by atoms with Gasteiger partial charge in [0.05, 0.1) is 5.56 Å². The lowest BCUT2D eigenvalue weighted by atomic mass is 10.1. The smallest absolute Gasteiger partial charge is 0.328 e. The Kier molecular flexibility index (Phi) is 4.88. The summed E-state index contributed by atoms with van der Waals surface area (Å²) in [6.07, 6.45) is 5.58. The second kappa shape index (κ2) is 7.04. The van der Waals surface area contributed by atoms with Crippen LogP contribution in [0.4, 0.5) is 0 Å². The molecule has 0 saturated heterocycles. The average molecular weight is 294 g/mol. The van der Waals surface area contributed by atoms with Crippen LogP contribution in [0.3, 0.4) is 0 Å². The summed E-state index contributed by atoms with van der Waals surface area (Å²) >= 11 is 0. The first-order valence-corrected chi connectivity index (χ1v) is 6.58. The van der Waals surface area contributed by atoms with Crippen LogP contribution in [-0.4, -0.2) is 22.0 Å². The van der Waals surface area contributed by atoms with E-state index in [0.717, 1.165) is 17.2 Å². The first-order chi connectivity index (χ1) is 10.6. The number of phenols is 1. The van der Waals surface area contributed by atoms with Crippen LogP contribution in [0.2, 0.25) is 0 Å². The van der Waals surface area contributed by atoms with E-state index in [9.17, 15) is 14.7 Å². The minimum atomic E-state index is -1.00. The van der Waals surface area contributed by atoms with Crippen LogP contribution in [0.1, 0.15) is 21.5 Å². The van der Waals surface area contributed by atoms with E-state index in [1.54, 1.807) is 48.5 Å². The molecule has 0 aliphatic carbocycles. The van der Waals surface area contributed by atoms with E-state index in [-0.39, 0.29) is 17.1 Å². The highest BCUT2D eigenvalue weighted by Gasteiger charge is 2.06. The van der Waals surface area contributed by atoms with Gasteiger partial charge in [0, 0.05) is 6.08 Å². The minimum absolute atomic E-state index is 0.0497. The van der Waals surface area contributed by atoms with Crippen LogP contribution in [0.5, 0.6) is 5.75 Å². The van der Waals surface area contributed by atoms with Crippen molar-refractivity contribution in [1.82, 2.24) is 0 Å². The summed E-state index contributed by atoms with van der Waals surface area (Å²) in [6.45, 7) is 0. The molecule has 0 aliphatic rings. The minimum Gasteiger partial charge on any atom is -0.507 e. The Morgan fingerprint density at radius 1 is 0.818 bits per heavy atom. The van der Waals surface area contributed by atoms with E-state index in [4.69, 9.17) is 5.11 Å². The number of carboxylic acids is 1. The molecule has 0 aromatic heterocycles. The standard InChI is InChI=1S/C18H14O4/c19-16-4-2-1-3-15(16)17(20)11-9-13-5-7-14(8-6-13)10-12-18(21)22/h1-12,19H,(H,21,22). The molecule has 0 radical (unpaired) electrons. The van der Waals surface area contributed by atoms with E-state index in [1.807, 2.05) is 0 Å². The number of hydrogen-bond acceptors (Lipinski definition) is 3. The summed E-state index contributed by atoms with van der Waals surface area (Å²) in [5, 5.41) is 18.2. The van der Waals surface area contributed by atoms with Crippen LogP contribution in [0.25, 0.3) is 12.2 Å². The van der Waals surface area contributed by atoms with Crippen molar-refractivity contribution in [3.05, 3.63) is 77.4 Å². The first-order valence-electron chi connectivity index (χ1n) is 6.58. The van der Waals surface area contributed by atoms with Crippen molar-refractivity contribution in [2.24, 2.45) is 0 Å². The normalized spacial score (nSPS) is 11.1. The lowest BCUT2D eigenvalue weighted by Gasteiger charge is -1.99. The van der Waals surface area contributed by atoms with Crippen LogP contribution >= 0.6 is 0 Å². The fraction of sp³-hybridized carbons (Fsp3) is 0. The van der Waals surface area contributed by atoms with E-state index in [2.05, 4.69) is 0 Å². The van der Waals surface area contributed by atoms with Crippen molar-refractivity contribution in [2.75, 3.05) is 0 Å². The van der Waals surface area contributed by atoms with Crippen molar-refractivity contribution in [1.29, 1.82) is 0 Å². The van der Waals surface area contributed by atoms with Gasteiger partial charge in [-0.15, -0.1) is 0 Å². The molecule has 2 N–H and O–H groups in total. The van der Waals surface area contributed by atoms with E-state index < -0.39 is 5.97 Å². The molecule has 0 saturated carbocycles. The molecule has 2 aromatic carbocycles. The Bertz CT molecular complexity index is 740. The molecule has 0 spiro atoms. The molecule has 22 heavy (non-hydrogen) atoms. The van der Waals surface area contributed by atoms with Crippen molar-refractivity contribution >= 4 is 23.9 Å². The van der Waals surface area contributed by atoms with Gasteiger partial charge in [-0.2, -0.15) is 0 Å². The van der Waals surface area contributed by atoms with Gasteiger partial charge >= 0.3 is 5.97 Å². The number of hydrogen-bond donors (Lipinski definition) is 2. The van der Waals surface area contributed by atoms with Crippen molar-refractivity contribution in [2.45, 2.75) is 0 Å². The molecule has 110 valence electrons. The summed E-state index contributed by atoms with van der Waals surface area (Å²) in [5.41, 5.74) is 1.81.